The molecule has 0 atom stereocenters. The van der Waals surface area contributed by atoms with Crippen LogP contribution in [0.3, 0.4) is 0 Å². The highest BCUT2D eigenvalue weighted by molar-refractivity contribution is 5.86. The lowest BCUT2D eigenvalue weighted by Gasteiger charge is -2.22. The minimum atomic E-state index is -1.00. The molecule has 0 amide bonds. The van der Waals surface area contributed by atoms with Crippen LogP contribution < -0.4 is 0 Å². The first-order valence-corrected chi connectivity index (χ1v) is 4.79. The summed E-state index contributed by atoms with van der Waals surface area (Å²) in [4.78, 5) is 14.8. The molecule has 0 aromatic rings. The molecule has 0 aliphatic rings. The van der Waals surface area contributed by atoms with Crippen molar-refractivity contribution >= 4 is 11.7 Å². The van der Waals surface area contributed by atoms with Crippen molar-refractivity contribution in [1.29, 1.82) is 0 Å². The van der Waals surface area contributed by atoms with Gasteiger partial charge in [-0.05, 0) is 13.3 Å². The number of hydrogen-bond donors (Lipinski definition) is 1. The third-order valence-electron chi connectivity index (χ3n) is 2.24. The summed E-state index contributed by atoms with van der Waals surface area (Å²) in [5.41, 5.74) is 0.813. The molecule has 14 heavy (non-hydrogen) atoms. The zero-order chi connectivity index (χ0) is 11.2. The molecule has 0 unspecified atom stereocenters. The number of rotatable bonds is 6. The summed E-state index contributed by atoms with van der Waals surface area (Å²) in [6, 6.07) is 0. The van der Waals surface area contributed by atoms with E-state index in [0.29, 0.717) is 0 Å². The number of aliphatic carboxylic acids is 1. The number of nitrogens with zero attached hydrogens (tertiary/aromatic N) is 1. The summed E-state index contributed by atoms with van der Waals surface area (Å²) in [6.45, 7) is 7.73. The van der Waals surface area contributed by atoms with Crippen LogP contribution >= 0.6 is 0 Å². The third-order valence-corrected chi connectivity index (χ3v) is 2.24. The predicted octanol–water partition coefficient (Wildman–Crippen LogP) is 2.29. The Morgan fingerprint density at radius 3 is 2.50 bits per heavy atom. The van der Waals surface area contributed by atoms with Crippen LogP contribution in [0.1, 0.15) is 40.5 Å². The second kappa shape index (κ2) is 5.62. The second-order valence-corrected chi connectivity index (χ2v) is 3.98. The van der Waals surface area contributed by atoms with Gasteiger partial charge in [-0.3, -0.25) is 0 Å². The van der Waals surface area contributed by atoms with Crippen LogP contribution in [0.25, 0.3) is 0 Å². The van der Waals surface area contributed by atoms with Gasteiger partial charge in [0.2, 0.25) is 6.61 Å². The van der Waals surface area contributed by atoms with Crippen LogP contribution in [-0.4, -0.2) is 23.4 Å². The second-order valence-electron chi connectivity index (χ2n) is 3.98. The van der Waals surface area contributed by atoms with Crippen molar-refractivity contribution in [3.05, 3.63) is 0 Å². The Labute approximate surface area is 84.9 Å². The molecule has 0 saturated carbocycles. The van der Waals surface area contributed by atoms with Crippen molar-refractivity contribution in [2.75, 3.05) is 6.61 Å². The van der Waals surface area contributed by atoms with Crippen molar-refractivity contribution < 1.29 is 14.7 Å². The topological polar surface area (TPSA) is 58.9 Å². The Morgan fingerprint density at radius 1 is 1.50 bits per heavy atom. The number of carbonyl (C=O) groups is 1. The molecule has 0 spiro atoms. The molecule has 0 fully saturated rings. The number of carboxylic acid groups (broad SMARTS) is 1. The van der Waals surface area contributed by atoms with E-state index in [0.717, 1.165) is 18.6 Å². The van der Waals surface area contributed by atoms with Gasteiger partial charge < -0.3 is 9.94 Å². The molecule has 1 N–H and O–H groups in total. The van der Waals surface area contributed by atoms with Crippen LogP contribution in [0, 0.1) is 5.41 Å². The van der Waals surface area contributed by atoms with Gasteiger partial charge in [0.05, 0.1) is 5.71 Å². The maximum atomic E-state index is 10.2. The zero-order valence-electron chi connectivity index (χ0n) is 9.33. The smallest absolute Gasteiger partial charge is 0.344 e. The van der Waals surface area contributed by atoms with E-state index in [2.05, 4.69) is 30.8 Å². The first-order chi connectivity index (χ1) is 6.40. The molecule has 0 rings (SSSR count). The molecule has 4 heteroatoms. The van der Waals surface area contributed by atoms with Gasteiger partial charge >= 0.3 is 5.97 Å². The summed E-state index contributed by atoms with van der Waals surface area (Å²) >= 11 is 0. The molecule has 0 aromatic carbocycles. The lowest BCUT2D eigenvalue weighted by molar-refractivity contribution is -0.142. The van der Waals surface area contributed by atoms with Crippen LogP contribution in [0.4, 0.5) is 0 Å². The van der Waals surface area contributed by atoms with Crippen LogP contribution in [0.5, 0.6) is 0 Å². The van der Waals surface area contributed by atoms with Crippen molar-refractivity contribution in [1.82, 2.24) is 0 Å². The van der Waals surface area contributed by atoms with Gasteiger partial charge in [-0.25, -0.2) is 4.79 Å². The Bertz CT molecular complexity index is 221. The zero-order valence-corrected chi connectivity index (χ0v) is 9.33. The molecule has 0 saturated heterocycles. The monoisotopic (exact) mass is 201 g/mol. The molecule has 0 bridgehead atoms. The lowest BCUT2D eigenvalue weighted by atomic mass is 9.84. The molecule has 0 heterocycles. The molecular formula is C10H19NO3. The normalized spacial score (nSPS) is 12.7. The maximum Gasteiger partial charge on any atom is 0.344 e. The van der Waals surface area contributed by atoms with Gasteiger partial charge in [0.15, 0.2) is 0 Å². The Kier molecular flexibility index (Phi) is 5.20. The van der Waals surface area contributed by atoms with E-state index in [9.17, 15) is 4.79 Å². The molecule has 0 aromatic heterocycles. The summed E-state index contributed by atoms with van der Waals surface area (Å²) in [5.74, 6) is -1.00. The molecular weight excluding hydrogens is 182 g/mol. The molecule has 0 aliphatic heterocycles. The highest BCUT2D eigenvalue weighted by Gasteiger charge is 2.20. The number of hydrogen-bond acceptors (Lipinski definition) is 3. The summed E-state index contributed by atoms with van der Waals surface area (Å²) in [5, 5.41) is 12.1. The van der Waals surface area contributed by atoms with Crippen LogP contribution in [0.2, 0.25) is 0 Å². The molecule has 0 radical (unpaired) electrons. The largest absolute Gasteiger partial charge is 0.479 e. The van der Waals surface area contributed by atoms with Gasteiger partial charge in [-0.2, -0.15) is 0 Å². The van der Waals surface area contributed by atoms with Crippen molar-refractivity contribution in [3.63, 3.8) is 0 Å². The summed E-state index contributed by atoms with van der Waals surface area (Å²) in [7, 11) is 0. The van der Waals surface area contributed by atoms with E-state index in [1.807, 2.05) is 6.92 Å². The number of carboxylic acids is 1. The van der Waals surface area contributed by atoms with Gasteiger partial charge in [0.25, 0.3) is 0 Å². The molecule has 4 nitrogen and oxygen atoms in total. The SMILES string of the molecule is CCCC(C)(C)/C(C)=N/OCC(=O)O. The fourth-order valence-corrected chi connectivity index (χ4v) is 1.11. The van der Waals surface area contributed by atoms with Crippen LogP contribution in [-0.2, 0) is 9.63 Å². The first kappa shape index (κ1) is 12.9. The Balaban J connectivity index is 4.14. The van der Waals surface area contributed by atoms with Crippen LogP contribution in [0.15, 0.2) is 5.16 Å². The average Bonchev–Trinajstić information content (AvgIpc) is 2.03. The average molecular weight is 201 g/mol. The predicted molar refractivity (Wildman–Crippen MR) is 55.4 cm³/mol. The molecule has 0 aliphatic carbocycles. The fraction of sp³-hybridized carbons (Fsp3) is 0.800. The minimum Gasteiger partial charge on any atom is -0.479 e. The summed E-state index contributed by atoms with van der Waals surface area (Å²) < 4.78 is 0. The quantitative estimate of drug-likeness (QED) is 0.530. The van der Waals surface area contributed by atoms with E-state index >= 15 is 0 Å². The molecule has 82 valence electrons. The lowest BCUT2D eigenvalue weighted by Crippen LogP contribution is -2.22. The Hall–Kier alpha value is -1.06. The standard InChI is InChI=1S/C10H19NO3/c1-5-6-10(3,4)8(2)11-14-7-9(12)13/h5-7H2,1-4H3,(H,12,13)/b11-8+. The highest BCUT2D eigenvalue weighted by Crippen LogP contribution is 2.24. The van der Waals surface area contributed by atoms with Gasteiger partial charge in [-0.15, -0.1) is 0 Å². The van der Waals surface area contributed by atoms with Gasteiger partial charge in [-0.1, -0.05) is 32.3 Å². The van der Waals surface area contributed by atoms with E-state index in [1.54, 1.807) is 0 Å². The third kappa shape index (κ3) is 4.84. The first-order valence-electron chi connectivity index (χ1n) is 4.79. The highest BCUT2D eigenvalue weighted by atomic mass is 16.6. The summed E-state index contributed by atoms with van der Waals surface area (Å²) in [6.07, 6.45) is 2.08. The number of oxime groups is 1. The van der Waals surface area contributed by atoms with Gasteiger partial charge in [0.1, 0.15) is 0 Å². The van der Waals surface area contributed by atoms with E-state index in [1.165, 1.54) is 0 Å². The fourth-order valence-electron chi connectivity index (χ4n) is 1.11. The van der Waals surface area contributed by atoms with E-state index < -0.39 is 5.97 Å². The van der Waals surface area contributed by atoms with Crippen molar-refractivity contribution in [2.24, 2.45) is 10.6 Å². The maximum absolute atomic E-state index is 10.2. The van der Waals surface area contributed by atoms with Crippen molar-refractivity contribution in [2.45, 2.75) is 40.5 Å². The van der Waals surface area contributed by atoms with E-state index in [4.69, 9.17) is 5.11 Å². The van der Waals surface area contributed by atoms with Gasteiger partial charge in [0, 0.05) is 5.41 Å². The van der Waals surface area contributed by atoms with Crippen molar-refractivity contribution in [3.8, 4) is 0 Å². The van der Waals surface area contributed by atoms with E-state index in [-0.39, 0.29) is 12.0 Å². The minimum absolute atomic E-state index is 0.0206. The Morgan fingerprint density at radius 2 is 2.07 bits per heavy atom.